The minimum Gasteiger partial charge on any atom is -0.317 e. The molecule has 0 amide bonds. The Kier molecular flexibility index (Phi) is 2.88. The predicted molar refractivity (Wildman–Crippen MR) is 97.3 cm³/mol. The molecule has 4 nitrogen and oxygen atoms in total. The first-order chi connectivity index (χ1) is 11.4. The van der Waals surface area contributed by atoms with E-state index in [1.165, 1.54) is 10.6 Å². The molecule has 0 saturated heterocycles. The maximum absolute atomic E-state index is 4.89. The molecule has 0 N–H and O–H groups in total. The number of fused-ring (bicyclic) bond motifs is 4. The van der Waals surface area contributed by atoms with Crippen LogP contribution in [0.3, 0.4) is 0 Å². The zero-order chi connectivity index (χ0) is 15.2. The zero-order valence-corrected chi connectivity index (χ0v) is 13.3. The molecule has 4 aromatic rings. The number of hydrogen-bond acceptors (Lipinski definition) is 4. The molecule has 0 bridgehead atoms. The van der Waals surface area contributed by atoms with Crippen LogP contribution in [-0.2, 0) is 6.54 Å². The van der Waals surface area contributed by atoms with Crippen molar-refractivity contribution in [2.24, 2.45) is 4.99 Å². The van der Waals surface area contributed by atoms with E-state index in [0.717, 1.165) is 46.4 Å². The lowest BCUT2D eigenvalue weighted by atomic mass is 10.2. The smallest absolute Gasteiger partial charge is 0.160 e. The fourth-order valence-corrected chi connectivity index (χ4v) is 3.97. The fraction of sp³-hybridized carbons (Fsp3) is 0.167. The van der Waals surface area contributed by atoms with Gasteiger partial charge in [0, 0.05) is 17.7 Å². The van der Waals surface area contributed by atoms with Crippen LogP contribution in [0, 0.1) is 0 Å². The number of aromatic nitrogens is 3. The van der Waals surface area contributed by atoms with Crippen molar-refractivity contribution in [3.8, 4) is 0 Å². The number of hydrogen-bond donors (Lipinski definition) is 0. The number of para-hydroxylation sites is 3. The second-order valence-electron chi connectivity index (χ2n) is 5.61. The molecule has 0 saturated carbocycles. The molecule has 2 aromatic carbocycles. The van der Waals surface area contributed by atoms with Crippen molar-refractivity contribution in [1.82, 2.24) is 14.5 Å². The van der Waals surface area contributed by atoms with Crippen molar-refractivity contribution in [2.45, 2.75) is 6.54 Å². The molecule has 23 heavy (non-hydrogen) atoms. The average molecular weight is 318 g/mol. The van der Waals surface area contributed by atoms with Gasteiger partial charge in [-0.1, -0.05) is 30.3 Å². The lowest BCUT2D eigenvalue weighted by molar-refractivity contribution is 0.925. The molecule has 1 aliphatic rings. The van der Waals surface area contributed by atoms with E-state index in [2.05, 4.69) is 33.8 Å². The van der Waals surface area contributed by atoms with Crippen LogP contribution in [0.2, 0.25) is 0 Å². The van der Waals surface area contributed by atoms with Gasteiger partial charge in [0.2, 0.25) is 0 Å². The topological polar surface area (TPSA) is 43.1 Å². The van der Waals surface area contributed by atoms with E-state index in [1.807, 2.05) is 36.0 Å². The summed E-state index contributed by atoms with van der Waals surface area (Å²) in [6.07, 6.45) is 0. The van der Waals surface area contributed by atoms with Gasteiger partial charge in [-0.2, -0.15) is 0 Å². The zero-order valence-electron chi connectivity index (χ0n) is 12.4. The van der Waals surface area contributed by atoms with Crippen LogP contribution in [0.25, 0.3) is 33.1 Å². The molecule has 0 fully saturated rings. The van der Waals surface area contributed by atoms with Crippen LogP contribution in [0.1, 0.15) is 0 Å². The van der Waals surface area contributed by atoms with E-state index in [-0.39, 0.29) is 0 Å². The third-order valence-electron chi connectivity index (χ3n) is 4.20. The minimum atomic E-state index is 0.779. The van der Waals surface area contributed by atoms with Crippen molar-refractivity contribution < 1.29 is 0 Å². The van der Waals surface area contributed by atoms with E-state index in [0.29, 0.717) is 0 Å². The Labute approximate surface area is 137 Å². The molecule has 5 rings (SSSR count). The first-order valence-electron chi connectivity index (χ1n) is 7.70. The Hall–Kier alpha value is -2.40. The predicted octanol–water partition coefficient (Wildman–Crippen LogP) is 3.88. The summed E-state index contributed by atoms with van der Waals surface area (Å²) < 4.78 is 2.25. The number of aliphatic imine (C=N–C) groups is 1. The average Bonchev–Trinajstić information content (AvgIpc) is 3.21. The number of thioether (sulfide) groups is 1. The molecular formula is C18H14N4S. The summed E-state index contributed by atoms with van der Waals surface area (Å²) in [6.45, 7) is 1.70. The van der Waals surface area contributed by atoms with Crippen molar-refractivity contribution in [3.63, 3.8) is 0 Å². The van der Waals surface area contributed by atoms with Gasteiger partial charge in [-0.3, -0.25) is 4.99 Å². The Morgan fingerprint density at radius 2 is 1.74 bits per heavy atom. The summed E-state index contributed by atoms with van der Waals surface area (Å²) in [7, 11) is 0. The van der Waals surface area contributed by atoms with Crippen LogP contribution >= 0.6 is 11.8 Å². The monoisotopic (exact) mass is 318 g/mol. The quantitative estimate of drug-likeness (QED) is 0.563. The van der Waals surface area contributed by atoms with Crippen LogP contribution in [-0.4, -0.2) is 31.9 Å². The highest BCUT2D eigenvalue weighted by Crippen LogP contribution is 2.29. The van der Waals surface area contributed by atoms with E-state index in [1.54, 1.807) is 0 Å². The molecular weight excluding hydrogens is 304 g/mol. The maximum Gasteiger partial charge on any atom is 0.160 e. The molecule has 0 spiro atoms. The second-order valence-corrected chi connectivity index (χ2v) is 6.78. The highest BCUT2D eigenvalue weighted by molar-refractivity contribution is 8.14. The van der Waals surface area contributed by atoms with Gasteiger partial charge >= 0.3 is 0 Å². The summed E-state index contributed by atoms with van der Waals surface area (Å²) >= 11 is 1.84. The molecule has 0 unspecified atom stereocenters. The highest BCUT2D eigenvalue weighted by Gasteiger charge is 2.16. The largest absolute Gasteiger partial charge is 0.317 e. The van der Waals surface area contributed by atoms with Crippen LogP contribution in [0.5, 0.6) is 0 Å². The standard InChI is InChI=1S/C18H14N4S/c1-4-8-15-12(5-1)17-18(22(15)11-16-19-9-10-23-16)21-14-7-3-2-6-13(14)20-17/h1-8H,9-11H2. The normalized spacial score (nSPS) is 14.9. The van der Waals surface area contributed by atoms with Crippen LogP contribution in [0.4, 0.5) is 0 Å². The van der Waals surface area contributed by atoms with Crippen LogP contribution < -0.4 is 0 Å². The Balaban J connectivity index is 1.86. The van der Waals surface area contributed by atoms with Gasteiger partial charge < -0.3 is 4.57 Å². The van der Waals surface area contributed by atoms with Crippen molar-refractivity contribution in [1.29, 1.82) is 0 Å². The van der Waals surface area contributed by atoms with Crippen LogP contribution in [0.15, 0.2) is 53.5 Å². The van der Waals surface area contributed by atoms with Gasteiger partial charge in [0.05, 0.1) is 28.1 Å². The lowest BCUT2D eigenvalue weighted by Gasteiger charge is -2.06. The summed E-state index contributed by atoms with van der Waals surface area (Å²) in [6, 6.07) is 16.5. The van der Waals surface area contributed by atoms with Crippen molar-refractivity contribution >= 4 is 49.9 Å². The molecule has 0 aliphatic carbocycles. The van der Waals surface area contributed by atoms with Gasteiger partial charge in [-0.15, -0.1) is 11.8 Å². The molecule has 0 atom stereocenters. The Morgan fingerprint density at radius 3 is 2.57 bits per heavy atom. The van der Waals surface area contributed by atoms with Gasteiger partial charge in [0.1, 0.15) is 5.52 Å². The Bertz CT molecular complexity index is 1080. The molecule has 3 heterocycles. The van der Waals surface area contributed by atoms with Crippen molar-refractivity contribution in [3.05, 3.63) is 48.5 Å². The third-order valence-corrected chi connectivity index (χ3v) is 5.18. The molecule has 2 aromatic heterocycles. The molecule has 112 valence electrons. The van der Waals surface area contributed by atoms with E-state index >= 15 is 0 Å². The SMILES string of the molecule is c1ccc2nc3c(nc2c1)c1ccccc1n3CC1=NCCS1. The van der Waals surface area contributed by atoms with Gasteiger partial charge in [0.15, 0.2) is 5.65 Å². The maximum atomic E-state index is 4.89. The summed E-state index contributed by atoms with van der Waals surface area (Å²) in [5.74, 6) is 1.08. The van der Waals surface area contributed by atoms with E-state index in [9.17, 15) is 0 Å². The molecule has 0 radical (unpaired) electrons. The summed E-state index contributed by atoms with van der Waals surface area (Å²) in [5.41, 5.74) is 4.97. The van der Waals surface area contributed by atoms with Gasteiger partial charge in [-0.25, -0.2) is 9.97 Å². The molecule has 1 aliphatic heterocycles. The van der Waals surface area contributed by atoms with E-state index in [4.69, 9.17) is 9.97 Å². The lowest BCUT2D eigenvalue weighted by Crippen LogP contribution is -2.06. The number of nitrogens with zero attached hydrogens (tertiary/aromatic N) is 4. The summed E-state index contributed by atoms with van der Waals surface area (Å²) in [4.78, 5) is 14.4. The first-order valence-corrected chi connectivity index (χ1v) is 8.68. The number of rotatable bonds is 2. The van der Waals surface area contributed by atoms with Gasteiger partial charge in [0.25, 0.3) is 0 Å². The third kappa shape index (κ3) is 2.04. The highest BCUT2D eigenvalue weighted by atomic mass is 32.2. The number of benzene rings is 2. The van der Waals surface area contributed by atoms with Gasteiger partial charge in [-0.05, 0) is 18.2 Å². The first kappa shape index (κ1) is 13.1. The Morgan fingerprint density at radius 1 is 0.957 bits per heavy atom. The second kappa shape index (κ2) is 5.06. The summed E-state index contributed by atoms with van der Waals surface area (Å²) in [5, 5.41) is 2.34. The van der Waals surface area contributed by atoms with Crippen molar-refractivity contribution in [2.75, 3.05) is 12.3 Å². The van der Waals surface area contributed by atoms with E-state index < -0.39 is 0 Å². The minimum absolute atomic E-state index is 0.779. The molecule has 5 heteroatoms. The fourth-order valence-electron chi connectivity index (χ4n) is 3.15.